The van der Waals surface area contributed by atoms with E-state index in [1.165, 1.54) is 20.2 Å². The molecule has 7 heteroatoms. The van der Waals surface area contributed by atoms with Crippen LogP contribution in [0.15, 0.2) is 201 Å². The van der Waals surface area contributed by atoms with E-state index in [-0.39, 0.29) is 0 Å². The van der Waals surface area contributed by atoms with Crippen molar-refractivity contribution in [2.24, 2.45) is 0 Å². The van der Waals surface area contributed by atoms with Crippen molar-refractivity contribution in [1.29, 1.82) is 0 Å². The molecule has 0 aliphatic carbocycles. The lowest BCUT2D eigenvalue weighted by molar-refractivity contribution is 0.668. The van der Waals surface area contributed by atoms with Crippen LogP contribution in [0.2, 0.25) is 0 Å². The van der Waals surface area contributed by atoms with E-state index in [0.717, 1.165) is 105 Å². The summed E-state index contributed by atoms with van der Waals surface area (Å²) in [6.07, 6.45) is 0. The average Bonchev–Trinajstić information content (AvgIpc) is 4.13. The lowest BCUT2D eigenvalue weighted by Gasteiger charge is -2.10. The molecule has 0 aliphatic rings. The molecule has 0 amide bonds. The third kappa shape index (κ3) is 5.35. The zero-order valence-electron chi connectivity index (χ0n) is 33.9. The van der Waals surface area contributed by atoms with Crippen LogP contribution in [0.25, 0.3) is 142 Å². The number of rotatable bonds is 5. The SMILES string of the molecule is c1ccc(-c2nc(-c3ccc4c(c3)oc3ccccc34)nc(-c3cccc4oc5ccc(-c6ccc(-c7ccc8c(c7)sc7ccccc78)c7oc8ccccc8c67)cc5c34)n2)cc1. The fourth-order valence-electron chi connectivity index (χ4n) is 9.58. The number of aromatic nitrogens is 3. The molecule has 0 spiro atoms. The van der Waals surface area contributed by atoms with Crippen molar-refractivity contribution < 1.29 is 13.3 Å². The molecule has 6 nitrogen and oxygen atoms in total. The predicted octanol–water partition coefficient (Wildman–Crippen LogP) is 16.3. The van der Waals surface area contributed by atoms with Crippen LogP contribution in [0.5, 0.6) is 0 Å². The zero-order chi connectivity index (χ0) is 41.9. The monoisotopic (exact) mass is 837 g/mol. The molecule has 0 radical (unpaired) electrons. The Bertz CT molecular complexity index is 4210. The fourth-order valence-corrected chi connectivity index (χ4v) is 10.7. The first-order valence-electron chi connectivity index (χ1n) is 21.2. The van der Waals surface area contributed by atoms with Crippen molar-refractivity contribution in [3.63, 3.8) is 0 Å². The molecule has 5 aromatic heterocycles. The molecule has 0 saturated carbocycles. The molecule has 0 atom stereocenters. The summed E-state index contributed by atoms with van der Waals surface area (Å²) in [4.78, 5) is 15.4. The van der Waals surface area contributed by atoms with Crippen molar-refractivity contribution in [3.05, 3.63) is 188 Å². The van der Waals surface area contributed by atoms with Gasteiger partial charge in [0.2, 0.25) is 0 Å². The van der Waals surface area contributed by atoms with Crippen LogP contribution < -0.4 is 0 Å². The third-order valence-corrected chi connectivity index (χ3v) is 13.7. The molecule has 298 valence electrons. The van der Waals surface area contributed by atoms with E-state index in [1.807, 2.05) is 84.1 Å². The van der Waals surface area contributed by atoms with Gasteiger partial charge in [0, 0.05) is 74.7 Å². The van der Waals surface area contributed by atoms with Gasteiger partial charge in [-0.25, -0.2) is 15.0 Å². The van der Waals surface area contributed by atoms with Crippen LogP contribution in [0.4, 0.5) is 0 Å². The molecule has 0 fully saturated rings. The van der Waals surface area contributed by atoms with Crippen molar-refractivity contribution in [3.8, 4) is 56.4 Å². The molecular weight excluding hydrogens is 807 g/mol. The predicted molar refractivity (Wildman–Crippen MR) is 262 cm³/mol. The molecule has 0 saturated heterocycles. The van der Waals surface area contributed by atoms with E-state index in [2.05, 4.69) is 115 Å². The van der Waals surface area contributed by atoms with E-state index in [0.29, 0.717) is 17.5 Å². The Morgan fingerprint density at radius 3 is 1.80 bits per heavy atom. The Morgan fingerprint density at radius 1 is 0.297 bits per heavy atom. The Hall–Kier alpha value is -8.39. The van der Waals surface area contributed by atoms with Gasteiger partial charge in [-0.2, -0.15) is 0 Å². The van der Waals surface area contributed by atoms with Crippen LogP contribution in [0, 0.1) is 0 Å². The summed E-state index contributed by atoms with van der Waals surface area (Å²) >= 11 is 1.83. The lowest BCUT2D eigenvalue weighted by atomic mass is 9.93. The summed E-state index contributed by atoms with van der Waals surface area (Å²) in [5, 5.41) is 8.74. The number of hydrogen-bond donors (Lipinski definition) is 0. The second-order valence-electron chi connectivity index (χ2n) is 16.2. The number of fused-ring (bicyclic) bond motifs is 12. The molecule has 0 unspecified atom stereocenters. The minimum Gasteiger partial charge on any atom is -0.456 e. The van der Waals surface area contributed by atoms with Gasteiger partial charge in [-0.1, -0.05) is 127 Å². The van der Waals surface area contributed by atoms with Crippen LogP contribution >= 0.6 is 11.3 Å². The highest BCUT2D eigenvalue weighted by Crippen LogP contribution is 2.45. The maximum absolute atomic E-state index is 6.78. The van der Waals surface area contributed by atoms with Gasteiger partial charge in [0.15, 0.2) is 17.5 Å². The summed E-state index contributed by atoms with van der Waals surface area (Å²) in [6, 6.07) is 65.0. The van der Waals surface area contributed by atoms with Gasteiger partial charge in [0.05, 0.1) is 0 Å². The largest absolute Gasteiger partial charge is 0.456 e. The van der Waals surface area contributed by atoms with Gasteiger partial charge < -0.3 is 13.3 Å². The number of thiophene rings is 1. The number of para-hydroxylation sites is 2. The normalized spacial score (nSPS) is 12.1. The maximum atomic E-state index is 6.78. The van der Waals surface area contributed by atoms with Gasteiger partial charge >= 0.3 is 0 Å². The highest BCUT2D eigenvalue weighted by molar-refractivity contribution is 7.25. The molecule has 0 aliphatic heterocycles. The number of furan rings is 3. The van der Waals surface area contributed by atoms with Gasteiger partial charge in [0.25, 0.3) is 0 Å². The molecule has 0 N–H and O–H groups in total. The standard InChI is InChI=1S/C57H31N3O3S/c1-2-11-32(12-3-1)55-58-56(35-22-24-39-38-13-4-7-17-45(38)62-49(39)30-35)60-57(59-55)43-16-10-19-48-52(43)44-29-33(23-28-47(44)61-48)36-26-27-37(54-53(36)42-15-5-8-18-46(42)63-54)34-21-25-41-40-14-6-9-20-50(40)64-51(41)31-34/h1-31H. The van der Waals surface area contributed by atoms with Crippen LogP contribution in [0.3, 0.4) is 0 Å². The molecule has 0 bridgehead atoms. The van der Waals surface area contributed by atoms with Crippen molar-refractivity contribution in [2.75, 3.05) is 0 Å². The summed E-state index contributed by atoms with van der Waals surface area (Å²) in [5.41, 5.74) is 11.8. The summed E-state index contributed by atoms with van der Waals surface area (Å²) < 4.78 is 22.2. The van der Waals surface area contributed by atoms with E-state index >= 15 is 0 Å². The first kappa shape index (κ1) is 35.2. The van der Waals surface area contributed by atoms with E-state index in [4.69, 9.17) is 28.2 Å². The van der Waals surface area contributed by atoms with Crippen molar-refractivity contribution in [2.45, 2.75) is 0 Å². The average molecular weight is 838 g/mol. The molecule has 5 heterocycles. The zero-order valence-corrected chi connectivity index (χ0v) is 34.7. The van der Waals surface area contributed by atoms with Crippen LogP contribution in [-0.4, -0.2) is 15.0 Å². The van der Waals surface area contributed by atoms with Crippen molar-refractivity contribution >= 4 is 97.3 Å². The second-order valence-corrected chi connectivity index (χ2v) is 17.3. The van der Waals surface area contributed by atoms with Gasteiger partial charge in [-0.3, -0.25) is 0 Å². The first-order valence-corrected chi connectivity index (χ1v) is 22.1. The Balaban J connectivity index is 0.951. The van der Waals surface area contributed by atoms with Crippen molar-refractivity contribution in [1.82, 2.24) is 15.0 Å². The molecular formula is C57H31N3O3S. The topological polar surface area (TPSA) is 78.1 Å². The summed E-state index contributed by atoms with van der Waals surface area (Å²) in [7, 11) is 0. The van der Waals surface area contributed by atoms with E-state index in [1.54, 1.807) is 0 Å². The molecule has 14 rings (SSSR count). The highest BCUT2D eigenvalue weighted by Gasteiger charge is 2.22. The highest BCUT2D eigenvalue weighted by atomic mass is 32.1. The number of benzene rings is 9. The van der Waals surface area contributed by atoms with E-state index in [9.17, 15) is 0 Å². The maximum Gasteiger partial charge on any atom is 0.164 e. The lowest BCUT2D eigenvalue weighted by Crippen LogP contribution is -2.00. The summed E-state index contributed by atoms with van der Waals surface area (Å²) in [5.74, 6) is 1.68. The van der Waals surface area contributed by atoms with Gasteiger partial charge in [-0.15, -0.1) is 11.3 Å². The fraction of sp³-hybridized carbons (Fsp3) is 0. The minimum absolute atomic E-state index is 0.551. The van der Waals surface area contributed by atoms with Gasteiger partial charge in [0.1, 0.15) is 33.5 Å². The first-order chi connectivity index (χ1) is 31.7. The summed E-state index contributed by atoms with van der Waals surface area (Å²) in [6.45, 7) is 0. The minimum atomic E-state index is 0.551. The molecule has 64 heavy (non-hydrogen) atoms. The van der Waals surface area contributed by atoms with Crippen LogP contribution in [-0.2, 0) is 0 Å². The third-order valence-electron chi connectivity index (χ3n) is 12.6. The second kappa shape index (κ2) is 13.6. The molecule has 14 aromatic rings. The number of hydrogen-bond acceptors (Lipinski definition) is 7. The Morgan fingerprint density at radius 2 is 0.906 bits per heavy atom. The van der Waals surface area contributed by atoms with E-state index < -0.39 is 0 Å². The Labute approximate surface area is 368 Å². The number of nitrogens with zero attached hydrogens (tertiary/aromatic N) is 3. The van der Waals surface area contributed by atoms with Crippen LogP contribution in [0.1, 0.15) is 0 Å². The molecule has 9 aromatic carbocycles. The smallest absolute Gasteiger partial charge is 0.164 e. The quantitative estimate of drug-likeness (QED) is 0.172. The Kier molecular flexibility index (Phi) is 7.46. The van der Waals surface area contributed by atoms with Gasteiger partial charge in [-0.05, 0) is 77.4 Å².